The third-order valence-electron chi connectivity index (χ3n) is 5.93. The van der Waals surface area contributed by atoms with Crippen molar-refractivity contribution in [2.24, 2.45) is 0 Å². The number of nitrogens with zero attached hydrogens (tertiary/aromatic N) is 5. The van der Waals surface area contributed by atoms with Crippen molar-refractivity contribution in [1.29, 1.82) is 0 Å². The Balaban J connectivity index is 1.45. The summed E-state index contributed by atoms with van der Waals surface area (Å²) >= 11 is 6.01. The van der Waals surface area contributed by atoms with Gasteiger partial charge in [0.15, 0.2) is 5.82 Å². The van der Waals surface area contributed by atoms with Crippen LogP contribution in [-0.2, 0) is 0 Å². The van der Waals surface area contributed by atoms with Crippen LogP contribution in [-0.4, -0.2) is 51.3 Å². The van der Waals surface area contributed by atoms with Crippen LogP contribution in [0, 0.1) is 12.7 Å². The zero-order valence-electron chi connectivity index (χ0n) is 18.2. The van der Waals surface area contributed by atoms with Crippen molar-refractivity contribution in [3.8, 4) is 11.5 Å². The molecule has 1 fully saturated rings. The zero-order chi connectivity index (χ0) is 22.9. The molecule has 0 N–H and O–H groups in total. The maximum atomic E-state index is 13.7. The zero-order valence-corrected chi connectivity index (χ0v) is 18.9. The molecule has 0 atom stereocenters. The van der Waals surface area contributed by atoms with E-state index in [1.807, 2.05) is 65.2 Å². The number of hydrogen-bond donors (Lipinski definition) is 0. The molecule has 0 bridgehead atoms. The standard InChI is InChI=1S/C25H23ClFN5O/c1-18-23(25(33)31-16-14-29(15-17-31)21-8-4-19(26)5-9-21)24(30-12-2-3-13-30)32(28-18)22-10-6-20(27)7-11-22/h2-13H,14-17H2,1H3. The number of piperazine rings is 1. The molecule has 8 heteroatoms. The van der Waals surface area contributed by atoms with Gasteiger partial charge in [-0.25, -0.2) is 9.07 Å². The van der Waals surface area contributed by atoms with Crippen molar-refractivity contribution in [3.05, 3.63) is 95.2 Å². The highest BCUT2D eigenvalue weighted by molar-refractivity contribution is 6.30. The van der Waals surface area contributed by atoms with Gasteiger partial charge in [-0.1, -0.05) is 11.6 Å². The van der Waals surface area contributed by atoms with Gasteiger partial charge in [0.1, 0.15) is 11.4 Å². The second-order valence-corrected chi connectivity index (χ2v) is 8.45. The van der Waals surface area contributed by atoms with E-state index in [4.69, 9.17) is 11.6 Å². The van der Waals surface area contributed by atoms with Crippen molar-refractivity contribution in [1.82, 2.24) is 19.2 Å². The summed E-state index contributed by atoms with van der Waals surface area (Å²) in [6.07, 6.45) is 3.76. The normalized spacial score (nSPS) is 14.0. The Bertz CT molecular complexity index is 1260. The Morgan fingerprint density at radius 2 is 1.52 bits per heavy atom. The summed E-state index contributed by atoms with van der Waals surface area (Å²) in [5.74, 6) is 0.273. The van der Waals surface area contributed by atoms with Crippen molar-refractivity contribution >= 4 is 23.2 Å². The van der Waals surface area contributed by atoms with Crippen molar-refractivity contribution < 1.29 is 9.18 Å². The van der Waals surface area contributed by atoms with Crippen molar-refractivity contribution in [2.45, 2.75) is 6.92 Å². The molecule has 4 aromatic rings. The molecule has 0 unspecified atom stereocenters. The van der Waals surface area contributed by atoms with Crippen molar-refractivity contribution in [3.63, 3.8) is 0 Å². The highest BCUT2D eigenvalue weighted by atomic mass is 35.5. The van der Waals surface area contributed by atoms with E-state index in [2.05, 4.69) is 10.00 Å². The smallest absolute Gasteiger partial charge is 0.259 e. The molecule has 2 aromatic carbocycles. The van der Waals surface area contributed by atoms with E-state index in [9.17, 15) is 9.18 Å². The van der Waals surface area contributed by atoms with E-state index in [-0.39, 0.29) is 11.7 Å². The minimum Gasteiger partial charge on any atom is -0.368 e. The van der Waals surface area contributed by atoms with Crippen LogP contribution in [0.15, 0.2) is 73.1 Å². The molecule has 1 aliphatic heterocycles. The number of aryl methyl sites for hydroxylation is 1. The molecule has 0 spiro atoms. The largest absolute Gasteiger partial charge is 0.368 e. The summed E-state index contributed by atoms with van der Waals surface area (Å²) in [4.78, 5) is 17.8. The first-order valence-electron chi connectivity index (χ1n) is 10.8. The number of benzene rings is 2. The fourth-order valence-electron chi connectivity index (χ4n) is 4.22. The number of anilines is 1. The van der Waals surface area contributed by atoms with Crippen LogP contribution >= 0.6 is 11.6 Å². The summed E-state index contributed by atoms with van der Waals surface area (Å²) in [7, 11) is 0. The molecule has 0 aliphatic carbocycles. The third-order valence-corrected chi connectivity index (χ3v) is 6.18. The monoisotopic (exact) mass is 463 g/mol. The van der Waals surface area contributed by atoms with Gasteiger partial charge in [0.25, 0.3) is 5.91 Å². The quantitative estimate of drug-likeness (QED) is 0.439. The molecular weight excluding hydrogens is 441 g/mol. The number of rotatable bonds is 4. The lowest BCUT2D eigenvalue weighted by Crippen LogP contribution is -2.49. The second kappa shape index (κ2) is 8.75. The summed E-state index contributed by atoms with van der Waals surface area (Å²) in [6, 6.07) is 17.7. The van der Waals surface area contributed by atoms with Crippen LogP contribution in [0.5, 0.6) is 0 Å². The van der Waals surface area contributed by atoms with Gasteiger partial charge in [0, 0.05) is 49.3 Å². The number of halogens is 2. The van der Waals surface area contributed by atoms with Gasteiger partial charge in [-0.2, -0.15) is 5.10 Å². The lowest BCUT2D eigenvalue weighted by Gasteiger charge is -2.36. The predicted octanol–water partition coefficient (Wildman–Crippen LogP) is 4.73. The molecule has 0 radical (unpaired) electrons. The first-order valence-corrected chi connectivity index (χ1v) is 11.2. The highest BCUT2D eigenvalue weighted by Gasteiger charge is 2.29. The minimum absolute atomic E-state index is 0.0553. The van der Waals surface area contributed by atoms with Gasteiger partial charge >= 0.3 is 0 Å². The van der Waals surface area contributed by atoms with Crippen LogP contribution in [0.2, 0.25) is 5.02 Å². The Labute approximate surface area is 196 Å². The minimum atomic E-state index is -0.319. The first-order chi connectivity index (χ1) is 16.0. The predicted molar refractivity (Wildman–Crippen MR) is 127 cm³/mol. The molecular formula is C25H23ClFN5O. The fraction of sp³-hybridized carbons (Fsp3) is 0.200. The van der Waals surface area contributed by atoms with Crippen LogP contribution in [0.1, 0.15) is 16.1 Å². The van der Waals surface area contributed by atoms with E-state index in [0.717, 1.165) is 18.8 Å². The summed E-state index contributed by atoms with van der Waals surface area (Å²) < 4.78 is 17.1. The van der Waals surface area contributed by atoms with E-state index in [1.165, 1.54) is 12.1 Å². The molecule has 33 heavy (non-hydrogen) atoms. The maximum absolute atomic E-state index is 13.7. The second-order valence-electron chi connectivity index (χ2n) is 8.02. The third kappa shape index (κ3) is 4.12. The van der Waals surface area contributed by atoms with Crippen LogP contribution in [0.25, 0.3) is 11.5 Å². The average molecular weight is 464 g/mol. The molecule has 5 rings (SSSR count). The maximum Gasteiger partial charge on any atom is 0.259 e. The van der Waals surface area contributed by atoms with E-state index in [0.29, 0.717) is 40.9 Å². The lowest BCUT2D eigenvalue weighted by molar-refractivity contribution is 0.0746. The van der Waals surface area contributed by atoms with Crippen LogP contribution in [0.3, 0.4) is 0 Å². The Kier molecular flexibility index (Phi) is 5.64. The number of carbonyl (C=O) groups excluding carboxylic acids is 1. The average Bonchev–Trinajstić information content (AvgIpc) is 3.47. The van der Waals surface area contributed by atoms with Crippen molar-refractivity contribution in [2.75, 3.05) is 31.1 Å². The van der Waals surface area contributed by atoms with Gasteiger partial charge in [-0.3, -0.25) is 4.79 Å². The summed E-state index contributed by atoms with van der Waals surface area (Å²) in [5, 5.41) is 5.36. The van der Waals surface area contributed by atoms with Gasteiger partial charge in [-0.05, 0) is 67.6 Å². The molecule has 1 amide bonds. The molecule has 0 saturated carbocycles. The lowest BCUT2D eigenvalue weighted by atomic mass is 10.1. The molecule has 6 nitrogen and oxygen atoms in total. The van der Waals surface area contributed by atoms with E-state index < -0.39 is 0 Å². The molecule has 1 saturated heterocycles. The first kappa shape index (κ1) is 21.3. The van der Waals surface area contributed by atoms with Crippen LogP contribution < -0.4 is 4.90 Å². The van der Waals surface area contributed by atoms with Crippen LogP contribution in [0.4, 0.5) is 10.1 Å². The number of amides is 1. The molecule has 2 aromatic heterocycles. The number of carbonyl (C=O) groups is 1. The topological polar surface area (TPSA) is 46.3 Å². The molecule has 3 heterocycles. The SMILES string of the molecule is Cc1nn(-c2ccc(F)cc2)c(-n2cccc2)c1C(=O)N1CCN(c2ccc(Cl)cc2)CC1. The van der Waals surface area contributed by atoms with Gasteiger partial charge < -0.3 is 14.4 Å². The van der Waals surface area contributed by atoms with E-state index in [1.54, 1.807) is 16.8 Å². The van der Waals surface area contributed by atoms with Gasteiger partial charge in [0.05, 0.1) is 11.4 Å². The summed E-state index contributed by atoms with van der Waals surface area (Å²) in [5.41, 5.74) is 2.97. The highest BCUT2D eigenvalue weighted by Crippen LogP contribution is 2.26. The molecule has 168 valence electrons. The molecule has 1 aliphatic rings. The number of aromatic nitrogens is 3. The summed E-state index contributed by atoms with van der Waals surface area (Å²) in [6.45, 7) is 4.51. The van der Waals surface area contributed by atoms with E-state index >= 15 is 0 Å². The Hall–Kier alpha value is -3.58. The van der Waals surface area contributed by atoms with Gasteiger partial charge in [0.2, 0.25) is 0 Å². The number of hydrogen-bond acceptors (Lipinski definition) is 3. The Morgan fingerprint density at radius 3 is 2.15 bits per heavy atom. The Morgan fingerprint density at radius 1 is 0.909 bits per heavy atom. The van der Waals surface area contributed by atoms with Gasteiger partial charge in [-0.15, -0.1) is 0 Å². The fourth-order valence-corrected chi connectivity index (χ4v) is 4.35.